The number of nitrogens with one attached hydrogen (secondary N) is 2. The van der Waals surface area contributed by atoms with Crippen molar-refractivity contribution in [3.63, 3.8) is 0 Å². The van der Waals surface area contributed by atoms with Crippen LogP contribution in [0, 0.1) is 5.82 Å². The standard InChI is InChI=1S/C27H28FN7O3/c1-3-24(36)30-19-6-4-5-18(15-19)25-26-23(38-33-25)17-29-27(32-26)31-20-7-8-22(21(28)16-20)35-11-9-34(10-12-35)13-14-37-2/h3-8,15-17H,1,9-14H2,2H3,(H,30,36)(H,29,31,32). The zero-order chi connectivity index (χ0) is 26.5. The maximum atomic E-state index is 15.1. The fourth-order valence-electron chi connectivity index (χ4n) is 4.34. The van der Waals surface area contributed by atoms with Gasteiger partial charge in [0.25, 0.3) is 0 Å². The second-order valence-corrected chi connectivity index (χ2v) is 8.82. The average molecular weight is 518 g/mol. The molecule has 0 bridgehead atoms. The SMILES string of the molecule is C=CC(=O)Nc1cccc(-c2noc3cnc(Nc4ccc(N5CCN(CCOC)CC5)c(F)c4)nc23)c1. The summed E-state index contributed by atoms with van der Waals surface area (Å²) in [5, 5.41) is 9.93. The zero-order valence-corrected chi connectivity index (χ0v) is 21.0. The third kappa shape index (κ3) is 5.63. The van der Waals surface area contributed by atoms with Crippen LogP contribution in [0.4, 0.5) is 27.4 Å². The smallest absolute Gasteiger partial charge is 0.247 e. The summed E-state index contributed by atoms with van der Waals surface area (Å²) in [6.07, 6.45) is 2.71. The molecule has 0 saturated carbocycles. The summed E-state index contributed by atoms with van der Waals surface area (Å²) < 4.78 is 25.6. The normalized spacial score (nSPS) is 14.0. The number of hydrogen-bond acceptors (Lipinski definition) is 9. The minimum Gasteiger partial charge on any atom is -0.383 e. The molecule has 1 amide bonds. The van der Waals surface area contributed by atoms with E-state index in [1.807, 2.05) is 12.1 Å². The van der Waals surface area contributed by atoms with Crippen LogP contribution in [-0.2, 0) is 9.53 Å². The number of halogens is 1. The Hall–Kier alpha value is -4.35. The lowest BCUT2D eigenvalue weighted by atomic mass is 10.1. The van der Waals surface area contributed by atoms with Gasteiger partial charge in [-0.05, 0) is 36.4 Å². The Morgan fingerprint density at radius 2 is 2.03 bits per heavy atom. The van der Waals surface area contributed by atoms with E-state index < -0.39 is 0 Å². The molecule has 0 spiro atoms. The zero-order valence-electron chi connectivity index (χ0n) is 21.0. The minimum absolute atomic E-state index is 0.275. The summed E-state index contributed by atoms with van der Waals surface area (Å²) >= 11 is 0. The van der Waals surface area contributed by atoms with Gasteiger partial charge in [0.1, 0.15) is 17.0 Å². The number of rotatable bonds is 9. The van der Waals surface area contributed by atoms with Gasteiger partial charge in [-0.3, -0.25) is 9.69 Å². The Kier molecular flexibility index (Phi) is 7.57. The van der Waals surface area contributed by atoms with Gasteiger partial charge >= 0.3 is 0 Å². The van der Waals surface area contributed by atoms with Crippen LogP contribution in [0.5, 0.6) is 0 Å². The molecule has 3 heterocycles. The number of amides is 1. The molecule has 2 N–H and O–H groups in total. The van der Waals surface area contributed by atoms with E-state index in [0.29, 0.717) is 46.0 Å². The van der Waals surface area contributed by atoms with Crippen molar-refractivity contribution in [1.29, 1.82) is 0 Å². The van der Waals surface area contributed by atoms with Crippen LogP contribution >= 0.6 is 0 Å². The topological polar surface area (TPSA) is 109 Å². The molecule has 0 unspecified atom stereocenters. The number of ether oxygens (including phenoxy) is 1. The largest absolute Gasteiger partial charge is 0.383 e. The molecule has 10 nitrogen and oxygen atoms in total. The number of nitrogens with zero attached hydrogens (tertiary/aromatic N) is 5. The van der Waals surface area contributed by atoms with Crippen molar-refractivity contribution in [2.45, 2.75) is 0 Å². The second-order valence-electron chi connectivity index (χ2n) is 8.82. The average Bonchev–Trinajstić information content (AvgIpc) is 3.36. The van der Waals surface area contributed by atoms with Gasteiger partial charge in [-0.15, -0.1) is 0 Å². The molecular weight excluding hydrogens is 489 g/mol. The predicted octanol–water partition coefficient (Wildman–Crippen LogP) is 4.06. The molecule has 196 valence electrons. The van der Waals surface area contributed by atoms with Gasteiger partial charge in [-0.2, -0.15) is 0 Å². The van der Waals surface area contributed by atoms with Crippen LogP contribution in [0.2, 0.25) is 0 Å². The molecule has 0 aliphatic carbocycles. The van der Waals surface area contributed by atoms with Crippen molar-refractivity contribution in [2.24, 2.45) is 0 Å². The van der Waals surface area contributed by atoms with Gasteiger partial charge < -0.3 is 24.8 Å². The first-order valence-corrected chi connectivity index (χ1v) is 12.2. The summed E-state index contributed by atoms with van der Waals surface area (Å²) in [5.74, 6) is -0.356. The molecule has 11 heteroatoms. The number of piperazine rings is 1. The van der Waals surface area contributed by atoms with E-state index in [0.717, 1.165) is 32.7 Å². The highest BCUT2D eigenvalue weighted by Crippen LogP contribution is 2.30. The van der Waals surface area contributed by atoms with Gasteiger partial charge in [-0.1, -0.05) is 23.9 Å². The van der Waals surface area contributed by atoms with Crippen molar-refractivity contribution >= 4 is 40.0 Å². The lowest BCUT2D eigenvalue weighted by Gasteiger charge is -2.36. The number of methoxy groups -OCH3 is 1. The molecule has 38 heavy (non-hydrogen) atoms. The minimum atomic E-state index is -0.316. The number of aromatic nitrogens is 3. The van der Waals surface area contributed by atoms with E-state index in [9.17, 15) is 4.79 Å². The molecule has 0 radical (unpaired) electrons. The van der Waals surface area contributed by atoms with Crippen molar-refractivity contribution < 1.29 is 18.4 Å². The summed E-state index contributed by atoms with van der Waals surface area (Å²) in [6.45, 7) is 8.27. The molecule has 1 aliphatic rings. The highest BCUT2D eigenvalue weighted by Gasteiger charge is 2.20. The molecule has 2 aromatic heterocycles. The molecule has 4 aromatic rings. The lowest BCUT2D eigenvalue weighted by molar-refractivity contribution is -0.111. The highest BCUT2D eigenvalue weighted by atomic mass is 19.1. The third-order valence-electron chi connectivity index (χ3n) is 6.33. The Labute approximate surface area is 219 Å². The monoisotopic (exact) mass is 517 g/mol. The lowest BCUT2D eigenvalue weighted by Crippen LogP contribution is -2.47. The third-order valence-corrected chi connectivity index (χ3v) is 6.33. The van der Waals surface area contributed by atoms with Gasteiger partial charge in [-0.25, -0.2) is 14.4 Å². The Morgan fingerprint density at radius 1 is 1.18 bits per heavy atom. The van der Waals surface area contributed by atoms with Gasteiger partial charge in [0.2, 0.25) is 17.4 Å². The first kappa shape index (κ1) is 25.3. The van der Waals surface area contributed by atoms with Gasteiger partial charge in [0.05, 0.1) is 18.5 Å². The molecule has 1 saturated heterocycles. The van der Waals surface area contributed by atoms with Crippen LogP contribution in [-0.4, -0.2) is 72.4 Å². The van der Waals surface area contributed by atoms with Crippen molar-refractivity contribution in [3.05, 3.63) is 67.1 Å². The molecular formula is C27H28FN7O3. The Bertz CT molecular complexity index is 1450. The Morgan fingerprint density at radius 3 is 2.79 bits per heavy atom. The number of benzene rings is 2. The summed E-state index contributed by atoms with van der Waals surface area (Å²) in [6, 6.07) is 12.2. The van der Waals surface area contributed by atoms with Crippen LogP contribution in [0.15, 0.2) is 65.8 Å². The number of hydrogen-bond donors (Lipinski definition) is 2. The quantitative estimate of drug-likeness (QED) is 0.318. The number of anilines is 4. The molecule has 1 aliphatic heterocycles. The van der Waals surface area contributed by atoms with Crippen molar-refractivity contribution in [3.8, 4) is 11.3 Å². The van der Waals surface area contributed by atoms with E-state index >= 15 is 4.39 Å². The number of fused-ring (bicyclic) bond motifs is 1. The van der Waals surface area contributed by atoms with E-state index in [4.69, 9.17) is 9.26 Å². The van der Waals surface area contributed by atoms with E-state index in [1.165, 1.54) is 18.3 Å². The Balaban J connectivity index is 1.31. The summed E-state index contributed by atoms with van der Waals surface area (Å²) in [4.78, 5) is 24.9. The van der Waals surface area contributed by atoms with Crippen LogP contribution in [0.3, 0.4) is 0 Å². The summed E-state index contributed by atoms with van der Waals surface area (Å²) in [7, 11) is 1.70. The van der Waals surface area contributed by atoms with Crippen LogP contribution < -0.4 is 15.5 Å². The van der Waals surface area contributed by atoms with Crippen molar-refractivity contribution in [1.82, 2.24) is 20.0 Å². The summed E-state index contributed by atoms with van der Waals surface area (Å²) in [5.41, 5.74) is 3.76. The van der Waals surface area contributed by atoms with Gasteiger partial charge in [0.15, 0.2) is 0 Å². The molecule has 0 atom stereocenters. The van der Waals surface area contributed by atoms with Crippen LogP contribution in [0.25, 0.3) is 22.4 Å². The molecule has 5 rings (SSSR count). The maximum absolute atomic E-state index is 15.1. The van der Waals surface area contributed by atoms with E-state index in [2.05, 4.69) is 42.1 Å². The predicted molar refractivity (Wildman–Crippen MR) is 144 cm³/mol. The second kappa shape index (κ2) is 11.4. The van der Waals surface area contributed by atoms with Crippen molar-refractivity contribution in [2.75, 3.05) is 62.0 Å². The highest BCUT2D eigenvalue weighted by molar-refractivity contribution is 5.99. The van der Waals surface area contributed by atoms with E-state index in [-0.39, 0.29) is 17.7 Å². The molecule has 2 aromatic carbocycles. The number of carbonyl (C=O) groups is 1. The van der Waals surface area contributed by atoms with Crippen LogP contribution in [0.1, 0.15) is 0 Å². The van der Waals surface area contributed by atoms with Gasteiger partial charge in [0, 0.05) is 56.8 Å². The first-order chi connectivity index (χ1) is 18.5. The first-order valence-electron chi connectivity index (χ1n) is 12.2. The van der Waals surface area contributed by atoms with E-state index in [1.54, 1.807) is 31.4 Å². The molecule has 1 fully saturated rings. The maximum Gasteiger partial charge on any atom is 0.247 e. The fraction of sp³-hybridized carbons (Fsp3) is 0.259. The fourth-order valence-corrected chi connectivity index (χ4v) is 4.34. The number of carbonyl (C=O) groups excluding carboxylic acids is 1.